The molecule has 0 aliphatic rings. The molecule has 19 heavy (non-hydrogen) atoms. The van der Waals surface area contributed by atoms with Crippen LogP contribution >= 0.6 is 0 Å². The molecule has 0 fully saturated rings. The Bertz CT molecular complexity index is 663. The number of hydrogen-bond acceptors (Lipinski definition) is 3. The van der Waals surface area contributed by atoms with Crippen LogP contribution in [0, 0.1) is 13.8 Å². The quantitative estimate of drug-likeness (QED) is 0.721. The number of aromatic carboxylic acids is 1. The minimum absolute atomic E-state index is 0.201. The lowest BCUT2D eigenvalue weighted by Gasteiger charge is -2.13. The van der Waals surface area contributed by atoms with Crippen LogP contribution in [0.3, 0.4) is 0 Å². The van der Waals surface area contributed by atoms with Gasteiger partial charge in [-0.25, -0.2) is 4.79 Å². The maximum absolute atomic E-state index is 11.3. The van der Waals surface area contributed by atoms with Crippen molar-refractivity contribution in [3.8, 4) is 11.1 Å². The number of benzene rings is 2. The van der Waals surface area contributed by atoms with Crippen molar-refractivity contribution in [3.63, 3.8) is 0 Å². The molecule has 2 aromatic rings. The molecule has 4 nitrogen and oxygen atoms in total. The van der Waals surface area contributed by atoms with E-state index in [-0.39, 0.29) is 5.56 Å². The smallest absolute Gasteiger partial charge is 0.336 e. The Morgan fingerprint density at radius 3 is 2.32 bits per heavy atom. The predicted octanol–water partition coefficient (Wildman–Crippen LogP) is 2.83. The van der Waals surface area contributed by atoms with Gasteiger partial charge in [-0.15, -0.1) is 0 Å². The third-order valence-electron chi connectivity index (χ3n) is 3.25. The second-order valence-electron chi connectivity index (χ2n) is 4.60. The molecule has 98 valence electrons. The lowest BCUT2D eigenvalue weighted by atomic mass is 9.94. The van der Waals surface area contributed by atoms with Crippen molar-refractivity contribution in [2.45, 2.75) is 13.8 Å². The van der Waals surface area contributed by atoms with Gasteiger partial charge in [0.1, 0.15) is 0 Å². The predicted molar refractivity (Wildman–Crippen MR) is 77.1 cm³/mol. The molecular formula is C15H16N2O2. The molecule has 0 amide bonds. The Morgan fingerprint density at radius 2 is 1.74 bits per heavy atom. The molecule has 0 bridgehead atoms. The molecule has 0 aromatic heterocycles. The highest BCUT2D eigenvalue weighted by Crippen LogP contribution is 2.33. The molecule has 2 rings (SSSR count). The standard InChI is InChI=1S/C15H16N2O2/c1-8-3-5-11(15(18)19)13(14(8)17)10-4-6-12(16)9(2)7-10/h3-7H,16-17H2,1-2H3,(H,18,19). The van der Waals surface area contributed by atoms with Crippen molar-refractivity contribution in [1.29, 1.82) is 0 Å². The van der Waals surface area contributed by atoms with Gasteiger partial charge < -0.3 is 16.6 Å². The van der Waals surface area contributed by atoms with Gasteiger partial charge in [0.15, 0.2) is 0 Å². The number of anilines is 2. The van der Waals surface area contributed by atoms with Crippen LogP contribution in [-0.2, 0) is 0 Å². The normalized spacial score (nSPS) is 10.4. The van der Waals surface area contributed by atoms with E-state index < -0.39 is 5.97 Å². The van der Waals surface area contributed by atoms with E-state index in [0.29, 0.717) is 16.9 Å². The van der Waals surface area contributed by atoms with Crippen LogP contribution in [0.4, 0.5) is 11.4 Å². The fourth-order valence-corrected chi connectivity index (χ4v) is 2.04. The first-order valence-electron chi connectivity index (χ1n) is 5.90. The molecule has 0 saturated carbocycles. The van der Waals surface area contributed by atoms with Gasteiger partial charge in [-0.3, -0.25) is 0 Å². The highest BCUT2D eigenvalue weighted by Gasteiger charge is 2.16. The van der Waals surface area contributed by atoms with Crippen LogP contribution < -0.4 is 11.5 Å². The largest absolute Gasteiger partial charge is 0.478 e. The summed E-state index contributed by atoms with van der Waals surface area (Å²) in [5, 5.41) is 9.29. The number of aryl methyl sites for hydroxylation is 2. The first-order chi connectivity index (χ1) is 8.91. The maximum Gasteiger partial charge on any atom is 0.336 e. The number of carboxylic acids is 1. The summed E-state index contributed by atoms with van der Waals surface area (Å²) >= 11 is 0. The summed E-state index contributed by atoms with van der Waals surface area (Å²) in [7, 11) is 0. The van der Waals surface area contributed by atoms with Gasteiger partial charge in [-0.1, -0.05) is 12.1 Å². The molecule has 0 radical (unpaired) electrons. The van der Waals surface area contributed by atoms with Crippen molar-refractivity contribution in [2.24, 2.45) is 0 Å². The Labute approximate surface area is 111 Å². The van der Waals surface area contributed by atoms with E-state index in [1.54, 1.807) is 24.3 Å². The molecule has 0 unspecified atom stereocenters. The Hall–Kier alpha value is -2.49. The number of nitrogen functional groups attached to an aromatic ring is 2. The summed E-state index contributed by atoms with van der Waals surface area (Å²) in [6, 6.07) is 8.70. The van der Waals surface area contributed by atoms with Crippen molar-refractivity contribution in [1.82, 2.24) is 0 Å². The van der Waals surface area contributed by atoms with E-state index in [2.05, 4.69) is 0 Å². The van der Waals surface area contributed by atoms with Gasteiger partial charge in [0.25, 0.3) is 0 Å². The van der Waals surface area contributed by atoms with Gasteiger partial charge in [0.2, 0.25) is 0 Å². The third-order valence-corrected chi connectivity index (χ3v) is 3.25. The van der Waals surface area contributed by atoms with Crippen molar-refractivity contribution >= 4 is 17.3 Å². The molecule has 0 spiro atoms. The Kier molecular flexibility index (Phi) is 3.17. The van der Waals surface area contributed by atoms with E-state index in [4.69, 9.17) is 11.5 Å². The molecule has 0 heterocycles. The minimum Gasteiger partial charge on any atom is -0.478 e. The maximum atomic E-state index is 11.3. The summed E-state index contributed by atoms with van der Waals surface area (Å²) < 4.78 is 0. The van der Waals surface area contributed by atoms with Crippen LogP contribution in [0.25, 0.3) is 11.1 Å². The Balaban J connectivity index is 2.75. The van der Waals surface area contributed by atoms with Gasteiger partial charge in [0, 0.05) is 16.9 Å². The van der Waals surface area contributed by atoms with Crippen molar-refractivity contribution < 1.29 is 9.90 Å². The van der Waals surface area contributed by atoms with E-state index in [1.165, 1.54) is 0 Å². The van der Waals surface area contributed by atoms with Gasteiger partial charge >= 0.3 is 5.97 Å². The third kappa shape index (κ3) is 2.25. The SMILES string of the molecule is Cc1cc(-c2c(C(=O)O)ccc(C)c2N)ccc1N. The van der Waals surface area contributed by atoms with Crippen LogP contribution in [0.2, 0.25) is 0 Å². The molecule has 2 aromatic carbocycles. The zero-order valence-corrected chi connectivity index (χ0v) is 10.9. The number of rotatable bonds is 2. The molecule has 0 aliphatic heterocycles. The molecule has 0 saturated heterocycles. The number of nitrogens with two attached hydrogens (primary N) is 2. The zero-order chi connectivity index (χ0) is 14.2. The van der Waals surface area contributed by atoms with E-state index in [9.17, 15) is 9.90 Å². The second kappa shape index (κ2) is 4.65. The molecule has 5 N–H and O–H groups in total. The fraction of sp³-hybridized carbons (Fsp3) is 0.133. The Morgan fingerprint density at radius 1 is 1.05 bits per heavy atom. The van der Waals surface area contributed by atoms with Crippen LogP contribution in [-0.4, -0.2) is 11.1 Å². The topological polar surface area (TPSA) is 89.3 Å². The van der Waals surface area contributed by atoms with Gasteiger partial charge in [0.05, 0.1) is 5.56 Å². The fourth-order valence-electron chi connectivity index (χ4n) is 2.04. The lowest BCUT2D eigenvalue weighted by Crippen LogP contribution is -2.04. The van der Waals surface area contributed by atoms with Gasteiger partial charge in [-0.05, 0) is 48.7 Å². The molecule has 4 heteroatoms. The molecule has 0 atom stereocenters. The summed E-state index contributed by atoms with van der Waals surface area (Å²) in [4.78, 5) is 11.3. The highest BCUT2D eigenvalue weighted by molar-refractivity contribution is 6.00. The van der Waals surface area contributed by atoms with Crippen molar-refractivity contribution in [3.05, 3.63) is 47.0 Å². The molecule has 0 aliphatic carbocycles. The first kappa shape index (κ1) is 13.0. The van der Waals surface area contributed by atoms with E-state index in [0.717, 1.165) is 16.7 Å². The summed E-state index contributed by atoms with van der Waals surface area (Å²) in [5.74, 6) is -0.990. The van der Waals surface area contributed by atoms with E-state index >= 15 is 0 Å². The van der Waals surface area contributed by atoms with Gasteiger partial charge in [-0.2, -0.15) is 0 Å². The zero-order valence-electron chi connectivity index (χ0n) is 10.9. The first-order valence-corrected chi connectivity index (χ1v) is 5.90. The lowest BCUT2D eigenvalue weighted by molar-refractivity contribution is 0.0698. The number of carboxylic acid groups (broad SMARTS) is 1. The highest BCUT2D eigenvalue weighted by atomic mass is 16.4. The monoisotopic (exact) mass is 256 g/mol. The summed E-state index contributed by atoms with van der Waals surface area (Å²) in [6.45, 7) is 3.74. The number of carbonyl (C=O) groups is 1. The van der Waals surface area contributed by atoms with Crippen molar-refractivity contribution in [2.75, 3.05) is 11.5 Å². The van der Waals surface area contributed by atoms with E-state index in [1.807, 2.05) is 19.9 Å². The van der Waals surface area contributed by atoms with Crippen LogP contribution in [0.1, 0.15) is 21.5 Å². The summed E-state index contributed by atoms with van der Waals surface area (Å²) in [5.41, 5.74) is 16.3. The van der Waals surface area contributed by atoms with Crippen LogP contribution in [0.5, 0.6) is 0 Å². The minimum atomic E-state index is -0.990. The second-order valence-corrected chi connectivity index (χ2v) is 4.60. The average molecular weight is 256 g/mol. The number of hydrogen-bond donors (Lipinski definition) is 3. The van der Waals surface area contributed by atoms with Crippen LogP contribution in [0.15, 0.2) is 30.3 Å². The average Bonchev–Trinajstić information content (AvgIpc) is 2.35. The summed E-state index contributed by atoms with van der Waals surface area (Å²) in [6.07, 6.45) is 0. The molecular weight excluding hydrogens is 240 g/mol.